The molecular formula is C26H29NO4. The van der Waals surface area contributed by atoms with E-state index < -0.39 is 18.1 Å². The quantitative estimate of drug-likeness (QED) is 0.450. The Morgan fingerprint density at radius 3 is 2.29 bits per heavy atom. The molecule has 1 amide bonds. The van der Waals surface area contributed by atoms with Crippen molar-refractivity contribution in [3.8, 4) is 0 Å². The summed E-state index contributed by atoms with van der Waals surface area (Å²) in [5.41, 5.74) is 1.88. The van der Waals surface area contributed by atoms with Gasteiger partial charge in [0.1, 0.15) is 12.1 Å². The van der Waals surface area contributed by atoms with E-state index in [0.29, 0.717) is 12.8 Å². The molecule has 0 N–H and O–H groups in total. The van der Waals surface area contributed by atoms with E-state index in [1.807, 2.05) is 60.7 Å². The lowest BCUT2D eigenvalue weighted by molar-refractivity contribution is -0.157. The summed E-state index contributed by atoms with van der Waals surface area (Å²) in [6.07, 6.45) is 3.79. The fourth-order valence-corrected chi connectivity index (χ4v) is 4.10. The molecule has 5 nitrogen and oxygen atoms in total. The molecule has 1 aliphatic rings. The summed E-state index contributed by atoms with van der Waals surface area (Å²) < 4.78 is 11.2. The second-order valence-electron chi connectivity index (χ2n) is 7.55. The van der Waals surface area contributed by atoms with Crippen LogP contribution in [0.2, 0.25) is 0 Å². The fourth-order valence-electron chi connectivity index (χ4n) is 4.10. The Hall–Kier alpha value is -3.18. The molecule has 1 saturated heterocycles. The van der Waals surface area contributed by atoms with Gasteiger partial charge in [-0.25, -0.2) is 4.79 Å². The van der Waals surface area contributed by atoms with Crippen molar-refractivity contribution in [3.63, 3.8) is 0 Å². The third-order valence-corrected chi connectivity index (χ3v) is 5.71. The molecule has 0 bridgehead atoms. The minimum Gasteiger partial charge on any atom is -0.467 e. The summed E-state index contributed by atoms with van der Waals surface area (Å²) in [6, 6.07) is 18.5. The van der Waals surface area contributed by atoms with E-state index in [2.05, 4.69) is 13.2 Å². The largest absolute Gasteiger partial charge is 0.467 e. The zero-order valence-electron chi connectivity index (χ0n) is 17.9. The minimum absolute atomic E-state index is 0.249. The van der Waals surface area contributed by atoms with Crippen LogP contribution in [0.5, 0.6) is 0 Å². The summed E-state index contributed by atoms with van der Waals surface area (Å²) >= 11 is 0. The average Bonchev–Trinajstić information content (AvgIpc) is 3.26. The highest BCUT2D eigenvalue weighted by molar-refractivity contribution is 5.89. The maximum absolute atomic E-state index is 13.8. The zero-order valence-corrected chi connectivity index (χ0v) is 17.9. The first-order valence-electron chi connectivity index (χ1n) is 10.5. The van der Waals surface area contributed by atoms with Crippen LogP contribution in [0.4, 0.5) is 0 Å². The third kappa shape index (κ3) is 5.12. The van der Waals surface area contributed by atoms with Crippen molar-refractivity contribution < 1.29 is 19.1 Å². The van der Waals surface area contributed by atoms with Gasteiger partial charge in [0.25, 0.3) is 5.91 Å². The monoisotopic (exact) mass is 419 g/mol. The summed E-state index contributed by atoms with van der Waals surface area (Å²) in [7, 11) is 1.34. The second kappa shape index (κ2) is 10.7. The van der Waals surface area contributed by atoms with Gasteiger partial charge in [0.2, 0.25) is 0 Å². The predicted molar refractivity (Wildman–Crippen MR) is 120 cm³/mol. The van der Waals surface area contributed by atoms with Crippen molar-refractivity contribution >= 4 is 11.9 Å². The number of hydrogen-bond acceptors (Lipinski definition) is 4. The van der Waals surface area contributed by atoms with E-state index in [1.165, 1.54) is 7.11 Å². The van der Waals surface area contributed by atoms with E-state index in [-0.39, 0.29) is 24.5 Å². The van der Waals surface area contributed by atoms with Crippen molar-refractivity contribution in [2.75, 3.05) is 7.11 Å². The van der Waals surface area contributed by atoms with Crippen molar-refractivity contribution in [2.24, 2.45) is 0 Å². The zero-order chi connectivity index (χ0) is 22.2. The maximum atomic E-state index is 13.8. The topological polar surface area (TPSA) is 55.8 Å². The molecule has 1 fully saturated rings. The molecule has 4 atom stereocenters. The number of carbonyl (C=O) groups is 2. The van der Waals surface area contributed by atoms with Gasteiger partial charge in [0.15, 0.2) is 0 Å². The number of likely N-dealkylation sites (tertiary alicyclic amines) is 1. The molecular weight excluding hydrogens is 390 g/mol. The van der Waals surface area contributed by atoms with Gasteiger partial charge < -0.3 is 14.4 Å². The molecule has 1 aliphatic heterocycles. The molecule has 2 unspecified atom stereocenters. The highest BCUT2D eigenvalue weighted by atomic mass is 16.5. The number of hydrogen-bond donors (Lipinski definition) is 0. The van der Waals surface area contributed by atoms with E-state index >= 15 is 0 Å². The van der Waals surface area contributed by atoms with Crippen LogP contribution in [0.1, 0.15) is 29.9 Å². The van der Waals surface area contributed by atoms with Crippen LogP contribution in [-0.4, -0.2) is 42.1 Å². The van der Waals surface area contributed by atoms with Gasteiger partial charge >= 0.3 is 5.97 Å². The fraction of sp³-hybridized carbons (Fsp3) is 0.308. The molecule has 3 rings (SSSR count). The van der Waals surface area contributed by atoms with Crippen LogP contribution >= 0.6 is 0 Å². The molecule has 31 heavy (non-hydrogen) atoms. The van der Waals surface area contributed by atoms with E-state index in [0.717, 1.165) is 11.1 Å². The summed E-state index contributed by atoms with van der Waals surface area (Å²) in [5.74, 6) is -1.06. The van der Waals surface area contributed by atoms with Crippen molar-refractivity contribution in [1.29, 1.82) is 0 Å². The van der Waals surface area contributed by atoms with Gasteiger partial charge in [0, 0.05) is 5.92 Å². The van der Waals surface area contributed by atoms with Crippen LogP contribution in [0.15, 0.2) is 86.0 Å². The number of carbonyl (C=O) groups excluding carboxylic acids is 2. The molecule has 0 aliphatic carbocycles. The number of methoxy groups -OCH3 is 1. The van der Waals surface area contributed by atoms with E-state index in [1.54, 1.807) is 17.1 Å². The first kappa shape index (κ1) is 22.5. The Balaban J connectivity index is 1.95. The number of benzene rings is 2. The summed E-state index contributed by atoms with van der Waals surface area (Å²) in [6.45, 7) is 8.10. The minimum atomic E-state index is -0.840. The highest BCUT2D eigenvalue weighted by Crippen LogP contribution is 2.32. The van der Waals surface area contributed by atoms with E-state index in [4.69, 9.17) is 9.47 Å². The predicted octanol–water partition coefficient (Wildman–Crippen LogP) is 4.26. The van der Waals surface area contributed by atoms with Gasteiger partial charge in [-0.1, -0.05) is 72.8 Å². The molecule has 0 radical (unpaired) electrons. The highest BCUT2D eigenvalue weighted by Gasteiger charge is 2.44. The van der Waals surface area contributed by atoms with Gasteiger partial charge in [-0.15, -0.1) is 13.2 Å². The summed E-state index contributed by atoms with van der Waals surface area (Å²) in [5, 5.41) is 0. The van der Waals surface area contributed by atoms with Gasteiger partial charge in [-0.05, 0) is 24.0 Å². The first-order chi connectivity index (χ1) is 15.1. The Morgan fingerprint density at radius 2 is 1.71 bits per heavy atom. The molecule has 162 valence electrons. The number of ether oxygens (including phenoxy) is 2. The van der Waals surface area contributed by atoms with Crippen molar-refractivity contribution in [1.82, 2.24) is 4.90 Å². The van der Waals surface area contributed by atoms with Crippen molar-refractivity contribution in [3.05, 3.63) is 97.1 Å². The smallest absolute Gasteiger partial charge is 0.328 e. The molecule has 2 aromatic rings. The number of amides is 1. The maximum Gasteiger partial charge on any atom is 0.328 e. The van der Waals surface area contributed by atoms with Crippen LogP contribution in [0, 0.1) is 0 Å². The van der Waals surface area contributed by atoms with Crippen LogP contribution < -0.4 is 0 Å². The molecule has 1 heterocycles. The standard InChI is InChI=1S/C26H29NO4/c1-4-21-16-17-23(26(29)30-3)27(21)25(28)24(31-18-19-12-8-6-9-13-19)22(5-2)20-14-10-7-11-15-20/h4-15,21-24H,1-2,16-18H2,3H3/t21-,22?,23-,24?/m0/s1. The molecule has 5 heteroatoms. The number of nitrogens with zero attached hydrogens (tertiary/aromatic N) is 1. The van der Waals surface area contributed by atoms with Crippen molar-refractivity contribution in [2.45, 2.75) is 43.6 Å². The van der Waals surface area contributed by atoms with Crippen LogP contribution in [-0.2, 0) is 25.7 Å². The normalized spacial score (nSPS) is 20.0. The molecule has 0 aromatic heterocycles. The third-order valence-electron chi connectivity index (χ3n) is 5.71. The molecule has 0 saturated carbocycles. The lowest BCUT2D eigenvalue weighted by Gasteiger charge is -2.33. The lowest BCUT2D eigenvalue weighted by atomic mass is 9.92. The SMILES string of the molecule is C=CC(c1ccccc1)C(OCc1ccccc1)C(=O)N1[C@@H](C=C)CC[C@H]1C(=O)OC. The average molecular weight is 420 g/mol. The molecule has 2 aromatic carbocycles. The second-order valence-corrected chi connectivity index (χ2v) is 7.55. The van der Waals surface area contributed by atoms with E-state index in [9.17, 15) is 9.59 Å². The lowest BCUT2D eigenvalue weighted by Crippen LogP contribution is -2.51. The van der Waals surface area contributed by atoms with Gasteiger partial charge in [-0.3, -0.25) is 4.79 Å². The van der Waals surface area contributed by atoms with Crippen LogP contribution in [0.25, 0.3) is 0 Å². The Kier molecular flexibility index (Phi) is 7.79. The Morgan fingerprint density at radius 1 is 1.06 bits per heavy atom. The number of rotatable bonds is 9. The first-order valence-corrected chi connectivity index (χ1v) is 10.5. The summed E-state index contributed by atoms with van der Waals surface area (Å²) in [4.78, 5) is 27.8. The Labute approximate surface area is 184 Å². The van der Waals surface area contributed by atoms with Gasteiger partial charge in [0.05, 0.1) is 19.8 Å². The van der Waals surface area contributed by atoms with Crippen LogP contribution in [0.3, 0.4) is 0 Å². The molecule has 0 spiro atoms. The van der Waals surface area contributed by atoms with Gasteiger partial charge in [-0.2, -0.15) is 0 Å². The Bertz CT molecular complexity index is 896. The number of esters is 1.